The van der Waals surface area contributed by atoms with Crippen molar-refractivity contribution in [3.8, 4) is 0 Å². The van der Waals surface area contributed by atoms with Gasteiger partial charge >= 0.3 is 0 Å². The molecule has 3 heterocycles. The molecule has 0 aliphatic rings. The molecule has 27 heavy (non-hydrogen) atoms. The lowest BCUT2D eigenvalue weighted by atomic mass is 10.1. The molecule has 0 bridgehead atoms. The molecule has 0 spiro atoms. The molecule has 0 saturated heterocycles. The summed E-state index contributed by atoms with van der Waals surface area (Å²) in [5, 5.41) is 9.61. The molecule has 7 aromatic rings. The zero-order chi connectivity index (χ0) is 17.5. The Labute approximate surface area is 166 Å². The Morgan fingerprint density at radius 2 is 1.04 bits per heavy atom. The summed E-state index contributed by atoms with van der Waals surface area (Å²) < 4.78 is 7.17. The van der Waals surface area contributed by atoms with Gasteiger partial charge in [0.1, 0.15) is 0 Å². The fourth-order valence-corrected chi connectivity index (χ4v) is 8.43. The Morgan fingerprint density at radius 1 is 0.481 bits per heavy atom. The van der Waals surface area contributed by atoms with Crippen molar-refractivity contribution < 1.29 is 0 Å². The molecule has 4 aromatic carbocycles. The summed E-state index contributed by atoms with van der Waals surface area (Å²) in [4.78, 5) is 0. The first kappa shape index (κ1) is 14.6. The maximum Gasteiger partial charge on any atom is 0.0898 e. The summed E-state index contributed by atoms with van der Waals surface area (Å²) in [5.74, 6) is 0. The third-order valence-corrected chi connectivity index (χ3v) is 9.22. The van der Waals surface area contributed by atoms with Gasteiger partial charge in [-0.2, -0.15) is 0 Å². The quantitative estimate of drug-likeness (QED) is 0.240. The van der Waals surface area contributed by atoms with E-state index in [0.29, 0.717) is 0 Å². The Kier molecular flexibility index (Phi) is 2.74. The SMILES string of the molecule is c1ccc2cc3c(cc2c1)sc1c3sc2sc3cc4ccccc4cc3c21. The number of fused-ring (bicyclic) bond motifs is 9. The molecule has 0 N–H and O–H groups in total. The van der Waals surface area contributed by atoms with Crippen LogP contribution in [0, 0.1) is 0 Å². The average Bonchev–Trinajstić information content (AvgIpc) is 3.32. The molecule has 0 nitrogen and oxygen atoms in total. The van der Waals surface area contributed by atoms with Crippen molar-refractivity contribution in [2.45, 2.75) is 0 Å². The van der Waals surface area contributed by atoms with E-state index in [0.717, 1.165) is 0 Å². The van der Waals surface area contributed by atoms with Gasteiger partial charge in [-0.1, -0.05) is 48.5 Å². The summed E-state index contributed by atoms with van der Waals surface area (Å²) in [7, 11) is 0. The van der Waals surface area contributed by atoms with Crippen LogP contribution in [0.5, 0.6) is 0 Å². The van der Waals surface area contributed by atoms with Crippen molar-refractivity contribution in [3.63, 3.8) is 0 Å². The fraction of sp³-hybridized carbons (Fsp3) is 0. The lowest BCUT2D eigenvalue weighted by molar-refractivity contribution is 1.82. The molecule has 0 atom stereocenters. The van der Waals surface area contributed by atoms with E-state index in [1.807, 2.05) is 34.0 Å². The summed E-state index contributed by atoms with van der Waals surface area (Å²) >= 11 is 5.87. The van der Waals surface area contributed by atoms with E-state index in [2.05, 4.69) is 72.8 Å². The minimum Gasteiger partial charge on any atom is -0.134 e. The number of thiophene rings is 3. The predicted molar refractivity (Wildman–Crippen MR) is 125 cm³/mol. The van der Waals surface area contributed by atoms with Gasteiger partial charge in [-0.3, -0.25) is 0 Å². The van der Waals surface area contributed by atoms with Crippen LogP contribution in [-0.2, 0) is 0 Å². The van der Waals surface area contributed by atoms with Crippen LogP contribution < -0.4 is 0 Å². The molecular weight excluding hydrogens is 384 g/mol. The molecule has 0 unspecified atom stereocenters. The second kappa shape index (κ2) is 5.08. The lowest BCUT2D eigenvalue weighted by Gasteiger charge is -1.97. The highest BCUT2D eigenvalue weighted by atomic mass is 32.2. The van der Waals surface area contributed by atoms with Crippen LogP contribution in [0.2, 0.25) is 0 Å². The maximum absolute atomic E-state index is 2.39. The topological polar surface area (TPSA) is 0 Å². The van der Waals surface area contributed by atoms with Crippen molar-refractivity contribution in [2.75, 3.05) is 0 Å². The summed E-state index contributed by atoms with van der Waals surface area (Å²) in [6.07, 6.45) is 0. The van der Waals surface area contributed by atoms with Crippen molar-refractivity contribution in [3.05, 3.63) is 72.8 Å². The normalized spacial score (nSPS) is 12.4. The highest BCUT2D eigenvalue weighted by Crippen LogP contribution is 2.50. The molecule has 0 saturated carbocycles. The van der Waals surface area contributed by atoms with Gasteiger partial charge in [0.15, 0.2) is 0 Å². The summed E-state index contributed by atoms with van der Waals surface area (Å²) in [6, 6.07) is 26.8. The largest absolute Gasteiger partial charge is 0.134 e. The van der Waals surface area contributed by atoms with E-state index in [4.69, 9.17) is 0 Å². The fourth-order valence-electron chi connectivity index (χ4n) is 4.17. The van der Waals surface area contributed by atoms with Crippen molar-refractivity contribution in [2.24, 2.45) is 0 Å². The Balaban J connectivity index is 1.67. The number of benzene rings is 4. The predicted octanol–water partition coefficient (Wildman–Crippen LogP) is 8.79. The van der Waals surface area contributed by atoms with Crippen LogP contribution >= 0.6 is 34.0 Å². The lowest BCUT2D eigenvalue weighted by Crippen LogP contribution is -1.71. The third kappa shape index (κ3) is 1.91. The number of rotatable bonds is 0. The van der Waals surface area contributed by atoms with E-state index in [1.54, 1.807) is 0 Å². The standard InChI is InChI=1S/C24H12S3/c1-3-7-15-11-19-17(9-13(15)5-1)21-23-22(27-24(21)26-19)18-10-14-6-2-4-8-16(14)12-20(18)25-23/h1-12H. The molecule has 7 rings (SSSR count). The number of hydrogen-bond donors (Lipinski definition) is 0. The molecule has 3 aromatic heterocycles. The Morgan fingerprint density at radius 3 is 1.70 bits per heavy atom. The van der Waals surface area contributed by atoms with Crippen molar-refractivity contribution >= 4 is 94.5 Å². The third-order valence-electron chi connectivity index (χ3n) is 5.46. The van der Waals surface area contributed by atoms with Gasteiger partial charge < -0.3 is 0 Å². The van der Waals surface area contributed by atoms with Crippen molar-refractivity contribution in [1.82, 2.24) is 0 Å². The van der Waals surface area contributed by atoms with Gasteiger partial charge in [-0.05, 0) is 45.8 Å². The van der Waals surface area contributed by atoms with Crippen LogP contribution in [0.3, 0.4) is 0 Å². The maximum atomic E-state index is 2.39. The van der Waals surface area contributed by atoms with E-state index >= 15 is 0 Å². The molecule has 0 aliphatic heterocycles. The van der Waals surface area contributed by atoms with E-state index < -0.39 is 0 Å². The molecule has 3 heteroatoms. The highest BCUT2D eigenvalue weighted by Gasteiger charge is 2.17. The Hall–Kier alpha value is -2.46. The highest BCUT2D eigenvalue weighted by molar-refractivity contribution is 7.47. The van der Waals surface area contributed by atoms with Gasteiger partial charge in [0.25, 0.3) is 0 Å². The van der Waals surface area contributed by atoms with Crippen LogP contribution in [0.1, 0.15) is 0 Å². The van der Waals surface area contributed by atoms with Crippen LogP contribution in [0.15, 0.2) is 72.8 Å². The molecule has 0 aliphatic carbocycles. The Bertz CT molecular complexity index is 1670. The number of hydrogen-bond acceptors (Lipinski definition) is 3. The first-order valence-corrected chi connectivity index (χ1v) is 11.4. The van der Waals surface area contributed by atoms with E-state index in [1.165, 1.54) is 60.5 Å². The second-order valence-electron chi connectivity index (χ2n) is 7.02. The summed E-state index contributed by atoms with van der Waals surface area (Å²) in [6.45, 7) is 0. The zero-order valence-electron chi connectivity index (χ0n) is 14.2. The first-order chi connectivity index (χ1) is 13.3. The van der Waals surface area contributed by atoms with Gasteiger partial charge in [0, 0.05) is 25.6 Å². The molecule has 126 valence electrons. The summed E-state index contributed by atoms with van der Waals surface area (Å²) in [5.41, 5.74) is 0. The van der Waals surface area contributed by atoms with E-state index in [9.17, 15) is 0 Å². The average molecular weight is 397 g/mol. The van der Waals surface area contributed by atoms with E-state index in [-0.39, 0.29) is 0 Å². The van der Waals surface area contributed by atoms with Gasteiger partial charge in [-0.25, -0.2) is 0 Å². The van der Waals surface area contributed by atoms with Crippen LogP contribution in [0.4, 0.5) is 0 Å². The minimum absolute atomic E-state index is 1.33. The molecule has 0 amide bonds. The van der Waals surface area contributed by atoms with Crippen molar-refractivity contribution in [1.29, 1.82) is 0 Å². The van der Waals surface area contributed by atoms with Crippen LogP contribution in [0.25, 0.3) is 60.5 Å². The molecule has 0 fully saturated rings. The molecule has 0 radical (unpaired) electrons. The molecular formula is C24H12S3. The van der Waals surface area contributed by atoms with Gasteiger partial charge in [0.2, 0.25) is 0 Å². The first-order valence-electron chi connectivity index (χ1n) is 8.94. The monoisotopic (exact) mass is 396 g/mol. The smallest absolute Gasteiger partial charge is 0.0898 e. The van der Waals surface area contributed by atoms with Crippen LogP contribution in [-0.4, -0.2) is 0 Å². The second-order valence-corrected chi connectivity index (χ2v) is 10.4. The zero-order valence-corrected chi connectivity index (χ0v) is 16.6. The van der Waals surface area contributed by atoms with Gasteiger partial charge in [0.05, 0.1) is 13.4 Å². The minimum atomic E-state index is 1.33. The van der Waals surface area contributed by atoms with Gasteiger partial charge in [-0.15, -0.1) is 34.0 Å².